The van der Waals surface area contributed by atoms with Crippen molar-refractivity contribution in [2.24, 2.45) is 23.6 Å². The summed E-state index contributed by atoms with van der Waals surface area (Å²) in [6.45, 7) is 6.09. The average Bonchev–Trinajstić information content (AvgIpc) is 2.37. The summed E-state index contributed by atoms with van der Waals surface area (Å²) in [4.78, 5) is 49.7. The van der Waals surface area contributed by atoms with Crippen molar-refractivity contribution >= 4 is 23.5 Å². The molecule has 0 saturated carbocycles. The van der Waals surface area contributed by atoms with Gasteiger partial charge in [-0.05, 0) is 13.8 Å². The molecule has 0 heterocycles. The first-order valence-corrected chi connectivity index (χ1v) is 5.95. The van der Waals surface area contributed by atoms with Crippen molar-refractivity contribution in [3.63, 3.8) is 0 Å². The number of Topliss-reactive ketones (excluding diaryl/α,β-unsaturated/α-hetero) is 2. The van der Waals surface area contributed by atoms with E-state index in [1.165, 1.54) is 13.8 Å². The van der Waals surface area contributed by atoms with Gasteiger partial charge in [0.15, 0.2) is 0 Å². The summed E-state index contributed by atoms with van der Waals surface area (Å²) < 4.78 is 0. The lowest BCUT2D eigenvalue weighted by atomic mass is 10.0. The van der Waals surface area contributed by atoms with Crippen molar-refractivity contribution < 1.29 is 28.9 Å². The molecule has 0 aromatic rings. The molecule has 0 spiro atoms. The maximum Gasteiger partial charge on any atom is 0.327 e. The Morgan fingerprint density at radius 2 is 1.40 bits per heavy atom. The van der Waals surface area contributed by atoms with Gasteiger partial charge >= 0.3 is 11.9 Å². The number of carbonyl (C=O) groups excluding carboxylic acids is 4. The van der Waals surface area contributed by atoms with Gasteiger partial charge in [0.2, 0.25) is 0 Å². The highest BCUT2D eigenvalue weighted by Gasteiger charge is 2.15. The van der Waals surface area contributed by atoms with Crippen LogP contribution in [0, 0.1) is 11.8 Å². The summed E-state index contributed by atoms with van der Waals surface area (Å²) in [5, 5.41) is 0. The van der Waals surface area contributed by atoms with Crippen LogP contribution in [0.25, 0.3) is 0 Å². The van der Waals surface area contributed by atoms with Crippen molar-refractivity contribution in [2.45, 2.75) is 40.5 Å². The van der Waals surface area contributed by atoms with E-state index in [0.29, 0.717) is 0 Å². The van der Waals surface area contributed by atoms with Crippen LogP contribution in [0.1, 0.15) is 40.5 Å². The minimum Gasteiger partial charge on any atom is -0.373 e. The SMILES string of the molecule is CC(=O)C[C@@H](C)C(=O)ON.CC(=O)[C@H](C)CC(=O)ON. The van der Waals surface area contributed by atoms with E-state index in [-0.39, 0.29) is 30.3 Å². The van der Waals surface area contributed by atoms with Gasteiger partial charge in [-0.2, -0.15) is 11.8 Å². The fourth-order valence-corrected chi connectivity index (χ4v) is 1.07. The molecule has 0 aromatic heterocycles. The standard InChI is InChI=1S/2C6H11NO3/c1-4(5(2)8)3-6(9)10-7;1-4(3-5(2)8)6(9)10-7/h2*4H,3,7H2,1-2H3/t2*4-/m11/s1. The third kappa shape index (κ3) is 11.3. The minimum atomic E-state index is -0.553. The lowest BCUT2D eigenvalue weighted by molar-refractivity contribution is -0.149. The topological polar surface area (TPSA) is 139 Å². The number of rotatable bonds is 6. The zero-order valence-electron chi connectivity index (χ0n) is 12.2. The van der Waals surface area contributed by atoms with E-state index in [0.717, 1.165) is 0 Å². The highest BCUT2D eigenvalue weighted by Crippen LogP contribution is 2.03. The third-order valence-corrected chi connectivity index (χ3v) is 2.41. The fourth-order valence-electron chi connectivity index (χ4n) is 1.07. The smallest absolute Gasteiger partial charge is 0.327 e. The molecule has 0 radical (unpaired) electrons. The summed E-state index contributed by atoms with van der Waals surface area (Å²) in [6.07, 6.45) is 0.252. The monoisotopic (exact) mass is 290 g/mol. The Morgan fingerprint density at radius 1 is 0.900 bits per heavy atom. The largest absolute Gasteiger partial charge is 0.373 e. The van der Waals surface area contributed by atoms with Crippen molar-refractivity contribution in [2.75, 3.05) is 0 Å². The molecule has 20 heavy (non-hydrogen) atoms. The molecule has 4 N–H and O–H groups in total. The van der Waals surface area contributed by atoms with Crippen molar-refractivity contribution in [3.05, 3.63) is 0 Å². The quantitative estimate of drug-likeness (QED) is 0.653. The number of hydrogen-bond donors (Lipinski definition) is 2. The Hall–Kier alpha value is -1.80. The van der Waals surface area contributed by atoms with E-state index in [4.69, 9.17) is 0 Å². The molecule has 0 aliphatic rings. The molecule has 0 fully saturated rings. The van der Waals surface area contributed by atoms with Crippen LogP contribution in [0.4, 0.5) is 0 Å². The van der Waals surface area contributed by atoms with Crippen molar-refractivity contribution in [1.82, 2.24) is 0 Å². The summed E-state index contributed by atoms with van der Waals surface area (Å²) in [5.41, 5.74) is 0. The van der Waals surface area contributed by atoms with E-state index in [1.54, 1.807) is 13.8 Å². The molecule has 0 amide bonds. The first-order valence-electron chi connectivity index (χ1n) is 5.95. The molecule has 2 atom stereocenters. The molecule has 0 saturated heterocycles. The Morgan fingerprint density at radius 3 is 1.70 bits per heavy atom. The van der Waals surface area contributed by atoms with Crippen molar-refractivity contribution in [1.29, 1.82) is 0 Å². The molecule has 0 rings (SSSR count). The van der Waals surface area contributed by atoms with Gasteiger partial charge in [-0.15, -0.1) is 0 Å². The van der Waals surface area contributed by atoms with Crippen LogP contribution in [-0.2, 0) is 28.9 Å². The molecule has 0 aliphatic heterocycles. The van der Waals surface area contributed by atoms with Crippen LogP contribution in [0.2, 0.25) is 0 Å². The number of hydrogen-bond acceptors (Lipinski definition) is 8. The van der Waals surface area contributed by atoms with Crippen LogP contribution in [-0.4, -0.2) is 23.5 Å². The van der Waals surface area contributed by atoms with E-state index >= 15 is 0 Å². The second-order valence-corrected chi connectivity index (χ2v) is 4.45. The van der Waals surface area contributed by atoms with Gasteiger partial charge in [-0.25, -0.2) is 0 Å². The highest BCUT2D eigenvalue weighted by atomic mass is 16.7. The second kappa shape index (κ2) is 11.1. The molecule has 0 bridgehead atoms. The van der Waals surface area contributed by atoms with E-state index < -0.39 is 17.9 Å². The maximum atomic E-state index is 10.5. The Balaban J connectivity index is 0. The molecule has 0 aliphatic carbocycles. The fraction of sp³-hybridized carbons (Fsp3) is 0.667. The second-order valence-electron chi connectivity index (χ2n) is 4.45. The van der Waals surface area contributed by atoms with Gasteiger partial charge in [-0.1, -0.05) is 13.8 Å². The highest BCUT2D eigenvalue weighted by molar-refractivity contribution is 5.83. The van der Waals surface area contributed by atoms with Crippen LogP contribution in [0.5, 0.6) is 0 Å². The summed E-state index contributed by atoms with van der Waals surface area (Å²) in [7, 11) is 0. The third-order valence-electron chi connectivity index (χ3n) is 2.41. The Bertz CT molecular complexity index is 356. The summed E-state index contributed by atoms with van der Waals surface area (Å²) >= 11 is 0. The lowest BCUT2D eigenvalue weighted by Gasteiger charge is -2.03. The number of ketones is 2. The minimum absolute atomic E-state index is 0.0367. The Kier molecular flexibility index (Phi) is 11.3. The summed E-state index contributed by atoms with van der Waals surface area (Å²) in [6, 6.07) is 0. The number of carbonyl (C=O) groups is 4. The average molecular weight is 290 g/mol. The van der Waals surface area contributed by atoms with Gasteiger partial charge in [-0.3, -0.25) is 14.4 Å². The van der Waals surface area contributed by atoms with Crippen LogP contribution >= 0.6 is 0 Å². The molecule has 116 valence electrons. The van der Waals surface area contributed by atoms with Gasteiger partial charge < -0.3 is 14.5 Å². The van der Waals surface area contributed by atoms with Crippen LogP contribution < -0.4 is 11.8 Å². The summed E-state index contributed by atoms with van der Waals surface area (Å²) in [5.74, 6) is 7.24. The maximum absolute atomic E-state index is 10.5. The lowest BCUT2D eigenvalue weighted by Crippen LogP contribution is -2.20. The Labute approximate surface area is 117 Å². The first kappa shape index (κ1) is 20.5. The van der Waals surface area contributed by atoms with Crippen LogP contribution in [0.3, 0.4) is 0 Å². The zero-order valence-corrected chi connectivity index (χ0v) is 12.2. The first-order chi connectivity index (χ1) is 9.15. The molecular weight excluding hydrogens is 268 g/mol. The van der Waals surface area contributed by atoms with Crippen LogP contribution in [0.15, 0.2) is 0 Å². The molecular formula is C12H22N2O6. The molecule has 8 nitrogen and oxygen atoms in total. The zero-order chi connectivity index (χ0) is 16.3. The molecule has 0 aromatic carbocycles. The number of nitrogens with two attached hydrogens (primary N) is 2. The van der Waals surface area contributed by atoms with Gasteiger partial charge in [0.1, 0.15) is 11.6 Å². The van der Waals surface area contributed by atoms with Crippen molar-refractivity contribution in [3.8, 4) is 0 Å². The predicted molar refractivity (Wildman–Crippen MR) is 69.5 cm³/mol. The van der Waals surface area contributed by atoms with Gasteiger partial charge in [0, 0.05) is 12.3 Å². The van der Waals surface area contributed by atoms with E-state index in [9.17, 15) is 19.2 Å². The van der Waals surface area contributed by atoms with E-state index in [1.807, 2.05) is 0 Å². The van der Waals surface area contributed by atoms with Gasteiger partial charge in [0.25, 0.3) is 0 Å². The molecule has 0 unspecified atom stereocenters. The van der Waals surface area contributed by atoms with E-state index in [2.05, 4.69) is 21.5 Å². The molecule has 8 heteroatoms. The normalized spacial score (nSPS) is 12.3. The predicted octanol–water partition coefficient (Wildman–Crippen LogP) is 0.0370. The van der Waals surface area contributed by atoms with Gasteiger partial charge in [0.05, 0.1) is 12.3 Å².